The molecule has 0 radical (unpaired) electrons. The van der Waals surface area contributed by atoms with Gasteiger partial charge in [-0.2, -0.15) is 0 Å². The Bertz CT molecular complexity index is 498. The molecule has 0 spiro atoms. The maximum Gasteiger partial charge on any atom is 0.221 e. The van der Waals surface area contributed by atoms with Gasteiger partial charge in [-0.3, -0.25) is 9.59 Å². The predicted molar refractivity (Wildman–Crippen MR) is 90.8 cm³/mol. The van der Waals surface area contributed by atoms with Crippen LogP contribution in [0.15, 0.2) is 30.3 Å². The van der Waals surface area contributed by atoms with Gasteiger partial charge in [0.05, 0.1) is 0 Å². The lowest BCUT2D eigenvalue weighted by atomic mass is 10.1. The number of hydrogen-bond acceptors (Lipinski definition) is 3. The zero-order valence-corrected chi connectivity index (χ0v) is 13.9. The number of nitrogens with one attached hydrogen (secondary N) is 2. The van der Waals surface area contributed by atoms with Crippen molar-refractivity contribution in [3.8, 4) is 0 Å². The van der Waals surface area contributed by atoms with Crippen LogP contribution in [0.2, 0.25) is 0 Å². The number of carbonyl (C=O) groups is 2. The minimum Gasteiger partial charge on any atom is -0.356 e. The van der Waals surface area contributed by atoms with E-state index in [0.29, 0.717) is 25.4 Å². The van der Waals surface area contributed by atoms with Crippen LogP contribution in [0.1, 0.15) is 31.7 Å². The highest BCUT2D eigenvalue weighted by molar-refractivity contribution is 5.78. The summed E-state index contributed by atoms with van der Waals surface area (Å²) in [5.74, 6) is 0.705. The summed E-state index contributed by atoms with van der Waals surface area (Å²) < 4.78 is 0. The van der Waals surface area contributed by atoms with Crippen molar-refractivity contribution in [1.29, 1.82) is 0 Å². The molecule has 1 unspecified atom stereocenters. The van der Waals surface area contributed by atoms with Gasteiger partial charge in [0.25, 0.3) is 0 Å². The van der Waals surface area contributed by atoms with E-state index >= 15 is 0 Å². The van der Waals surface area contributed by atoms with Crippen molar-refractivity contribution in [3.05, 3.63) is 35.9 Å². The van der Waals surface area contributed by atoms with E-state index in [0.717, 1.165) is 31.6 Å². The smallest absolute Gasteiger partial charge is 0.221 e. The highest BCUT2D eigenvalue weighted by Crippen LogP contribution is 2.10. The molecule has 1 saturated heterocycles. The third kappa shape index (κ3) is 6.40. The fourth-order valence-corrected chi connectivity index (χ4v) is 2.85. The standard InChI is InChI=1S/C18H27N3O2/c1-15(22)21(14-17-5-3-2-4-6-17)12-9-18(23)20-11-8-16-7-10-19-13-16/h2-6,16,19H,7-14H2,1H3,(H,20,23). The Kier molecular flexibility index (Phi) is 7.07. The first-order valence-electron chi connectivity index (χ1n) is 8.42. The molecule has 2 N–H and O–H groups in total. The first-order valence-corrected chi connectivity index (χ1v) is 8.42. The molecule has 1 heterocycles. The van der Waals surface area contributed by atoms with E-state index in [9.17, 15) is 9.59 Å². The minimum absolute atomic E-state index is 0.00122. The normalized spacial score (nSPS) is 17.0. The van der Waals surface area contributed by atoms with Crippen LogP contribution < -0.4 is 10.6 Å². The lowest BCUT2D eigenvalue weighted by Crippen LogP contribution is -2.34. The SMILES string of the molecule is CC(=O)N(CCC(=O)NCCC1CCNC1)Cc1ccccc1. The number of rotatable bonds is 8. The van der Waals surface area contributed by atoms with Crippen LogP contribution in [0.3, 0.4) is 0 Å². The van der Waals surface area contributed by atoms with Gasteiger partial charge in [-0.25, -0.2) is 0 Å². The molecule has 1 atom stereocenters. The maximum absolute atomic E-state index is 11.9. The molecule has 23 heavy (non-hydrogen) atoms. The zero-order chi connectivity index (χ0) is 16.5. The molecule has 126 valence electrons. The molecule has 2 amide bonds. The largest absolute Gasteiger partial charge is 0.356 e. The summed E-state index contributed by atoms with van der Waals surface area (Å²) in [7, 11) is 0. The molecule has 1 aliphatic rings. The minimum atomic E-state index is -0.00122. The zero-order valence-electron chi connectivity index (χ0n) is 13.9. The molecule has 1 fully saturated rings. The summed E-state index contributed by atoms with van der Waals surface area (Å²) in [5.41, 5.74) is 1.08. The highest BCUT2D eigenvalue weighted by Gasteiger charge is 2.15. The maximum atomic E-state index is 11.9. The third-order valence-electron chi connectivity index (χ3n) is 4.31. The lowest BCUT2D eigenvalue weighted by molar-refractivity contribution is -0.130. The first-order chi connectivity index (χ1) is 11.1. The summed E-state index contributed by atoms with van der Waals surface area (Å²) in [5, 5.41) is 6.29. The molecule has 0 aromatic heterocycles. The van der Waals surface area contributed by atoms with Crippen LogP contribution in [0, 0.1) is 5.92 Å². The van der Waals surface area contributed by atoms with E-state index in [1.165, 1.54) is 6.42 Å². The number of nitrogens with zero attached hydrogens (tertiary/aromatic N) is 1. The van der Waals surface area contributed by atoms with E-state index in [2.05, 4.69) is 10.6 Å². The van der Waals surface area contributed by atoms with Gasteiger partial charge in [0.2, 0.25) is 11.8 Å². The van der Waals surface area contributed by atoms with Gasteiger partial charge >= 0.3 is 0 Å². The molecule has 1 aliphatic heterocycles. The molecule has 0 bridgehead atoms. The second kappa shape index (κ2) is 9.30. The Labute approximate surface area is 138 Å². The van der Waals surface area contributed by atoms with Crippen LogP contribution in [0.25, 0.3) is 0 Å². The second-order valence-electron chi connectivity index (χ2n) is 6.17. The summed E-state index contributed by atoms with van der Waals surface area (Å²) >= 11 is 0. The van der Waals surface area contributed by atoms with Crippen molar-refractivity contribution >= 4 is 11.8 Å². The van der Waals surface area contributed by atoms with Crippen LogP contribution in [-0.2, 0) is 16.1 Å². The summed E-state index contributed by atoms with van der Waals surface area (Å²) in [6.45, 7) is 5.44. The van der Waals surface area contributed by atoms with E-state index in [1.54, 1.807) is 11.8 Å². The average Bonchev–Trinajstić information content (AvgIpc) is 3.05. The Hall–Kier alpha value is -1.88. The summed E-state index contributed by atoms with van der Waals surface area (Å²) in [4.78, 5) is 25.4. The molecule has 1 aromatic carbocycles. The Morgan fingerprint density at radius 1 is 1.30 bits per heavy atom. The van der Waals surface area contributed by atoms with Crippen molar-refractivity contribution in [1.82, 2.24) is 15.5 Å². The third-order valence-corrected chi connectivity index (χ3v) is 4.31. The fraction of sp³-hybridized carbons (Fsp3) is 0.556. The monoisotopic (exact) mass is 317 g/mol. The second-order valence-corrected chi connectivity index (χ2v) is 6.17. The average molecular weight is 317 g/mol. The Balaban J connectivity index is 1.68. The lowest BCUT2D eigenvalue weighted by Gasteiger charge is -2.21. The van der Waals surface area contributed by atoms with Gasteiger partial charge in [0.1, 0.15) is 0 Å². The van der Waals surface area contributed by atoms with Gasteiger partial charge in [-0.05, 0) is 37.4 Å². The van der Waals surface area contributed by atoms with Gasteiger partial charge < -0.3 is 15.5 Å². The molecular formula is C18H27N3O2. The van der Waals surface area contributed by atoms with Crippen molar-refractivity contribution in [2.45, 2.75) is 32.7 Å². The highest BCUT2D eigenvalue weighted by atomic mass is 16.2. The van der Waals surface area contributed by atoms with Gasteiger partial charge in [-0.1, -0.05) is 30.3 Å². The van der Waals surface area contributed by atoms with Crippen LogP contribution >= 0.6 is 0 Å². The van der Waals surface area contributed by atoms with Crippen molar-refractivity contribution in [2.75, 3.05) is 26.2 Å². The van der Waals surface area contributed by atoms with Crippen molar-refractivity contribution < 1.29 is 9.59 Å². The summed E-state index contributed by atoms with van der Waals surface area (Å²) in [6, 6.07) is 9.85. The molecule has 1 aromatic rings. The number of benzene rings is 1. The molecular weight excluding hydrogens is 290 g/mol. The molecule has 0 aliphatic carbocycles. The number of carbonyl (C=O) groups excluding carboxylic acids is 2. The van der Waals surface area contributed by atoms with Gasteiger partial charge in [0, 0.05) is 33.0 Å². The fourth-order valence-electron chi connectivity index (χ4n) is 2.85. The van der Waals surface area contributed by atoms with E-state index in [-0.39, 0.29) is 11.8 Å². The summed E-state index contributed by atoms with van der Waals surface area (Å²) in [6.07, 6.45) is 2.58. The molecule has 5 heteroatoms. The topological polar surface area (TPSA) is 61.4 Å². The quantitative estimate of drug-likeness (QED) is 0.764. The van der Waals surface area contributed by atoms with Gasteiger partial charge in [0.15, 0.2) is 0 Å². The number of amides is 2. The Morgan fingerprint density at radius 2 is 2.09 bits per heavy atom. The van der Waals surface area contributed by atoms with E-state index < -0.39 is 0 Å². The van der Waals surface area contributed by atoms with E-state index in [1.807, 2.05) is 30.3 Å². The van der Waals surface area contributed by atoms with Crippen LogP contribution in [0.4, 0.5) is 0 Å². The number of hydrogen-bond donors (Lipinski definition) is 2. The van der Waals surface area contributed by atoms with Crippen LogP contribution in [0.5, 0.6) is 0 Å². The first kappa shape index (κ1) is 17.5. The Morgan fingerprint density at radius 3 is 2.74 bits per heavy atom. The molecule has 0 saturated carbocycles. The van der Waals surface area contributed by atoms with Crippen molar-refractivity contribution in [2.24, 2.45) is 5.92 Å². The molecule has 5 nitrogen and oxygen atoms in total. The van der Waals surface area contributed by atoms with Crippen LogP contribution in [-0.4, -0.2) is 42.9 Å². The predicted octanol–water partition coefficient (Wildman–Crippen LogP) is 1.54. The van der Waals surface area contributed by atoms with Crippen molar-refractivity contribution in [3.63, 3.8) is 0 Å². The van der Waals surface area contributed by atoms with Gasteiger partial charge in [-0.15, -0.1) is 0 Å². The molecule has 2 rings (SSSR count). The van der Waals surface area contributed by atoms with E-state index in [4.69, 9.17) is 0 Å².